The van der Waals surface area contributed by atoms with Crippen molar-refractivity contribution in [3.8, 4) is 0 Å². The van der Waals surface area contributed by atoms with Gasteiger partial charge in [-0.15, -0.1) is 10.2 Å². The van der Waals surface area contributed by atoms with Crippen LogP contribution in [0.1, 0.15) is 5.82 Å². The van der Waals surface area contributed by atoms with Crippen LogP contribution < -0.4 is 11.1 Å². The van der Waals surface area contributed by atoms with Crippen LogP contribution in [0.3, 0.4) is 0 Å². The van der Waals surface area contributed by atoms with Crippen molar-refractivity contribution in [2.24, 2.45) is 5.73 Å². The second-order valence-electron chi connectivity index (χ2n) is 3.66. The van der Waals surface area contributed by atoms with Gasteiger partial charge in [-0.3, -0.25) is 9.20 Å². The second-order valence-corrected chi connectivity index (χ2v) is 3.66. The number of nitrogens with two attached hydrogens (primary N) is 1. The smallest absolute Gasteiger partial charge is 0.246 e. The fourth-order valence-electron chi connectivity index (χ4n) is 1.49. The zero-order valence-corrected chi connectivity index (χ0v) is 9.87. The molecule has 0 saturated carbocycles. The maximum absolute atomic E-state index is 11.4. The lowest BCUT2D eigenvalue weighted by Gasteiger charge is -2.04. The molecule has 0 radical (unpaired) electrons. The number of fused-ring (bicyclic) bond motifs is 1. The summed E-state index contributed by atoms with van der Waals surface area (Å²) in [5, 5.41) is 10.7. The Morgan fingerprint density at radius 3 is 3.17 bits per heavy atom. The SMILES string of the molecule is NCCOCC(=O)NCc1nnc2ccccn12. The molecule has 0 bridgehead atoms. The number of nitrogens with one attached hydrogen (secondary N) is 1. The Balaban J connectivity index is 1.88. The summed E-state index contributed by atoms with van der Waals surface area (Å²) in [6.45, 7) is 1.10. The van der Waals surface area contributed by atoms with Crippen LogP contribution in [-0.4, -0.2) is 40.3 Å². The molecule has 2 heterocycles. The van der Waals surface area contributed by atoms with Crippen molar-refractivity contribution < 1.29 is 9.53 Å². The molecule has 2 aromatic heterocycles. The molecule has 0 atom stereocenters. The molecule has 0 aliphatic heterocycles. The van der Waals surface area contributed by atoms with Crippen LogP contribution in [0, 0.1) is 0 Å². The molecule has 2 aromatic rings. The quantitative estimate of drug-likeness (QED) is 0.661. The molecule has 1 amide bonds. The Morgan fingerprint density at radius 1 is 1.44 bits per heavy atom. The molecule has 0 unspecified atom stereocenters. The fraction of sp³-hybridized carbons (Fsp3) is 0.364. The van der Waals surface area contributed by atoms with Crippen molar-refractivity contribution in [1.82, 2.24) is 19.9 Å². The standard InChI is InChI=1S/C11H15N5O2/c12-4-6-18-8-11(17)13-7-10-15-14-9-3-1-2-5-16(9)10/h1-3,5H,4,6-8,12H2,(H,13,17). The summed E-state index contributed by atoms with van der Waals surface area (Å²) >= 11 is 0. The summed E-state index contributed by atoms with van der Waals surface area (Å²) in [4.78, 5) is 11.4. The molecule has 3 N–H and O–H groups in total. The summed E-state index contributed by atoms with van der Waals surface area (Å²) < 4.78 is 6.84. The molecular weight excluding hydrogens is 234 g/mol. The first-order chi connectivity index (χ1) is 8.81. The number of ether oxygens (including phenoxy) is 1. The van der Waals surface area contributed by atoms with Crippen molar-refractivity contribution in [3.05, 3.63) is 30.2 Å². The average Bonchev–Trinajstić information content (AvgIpc) is 2.80. The molecule has 18 heavy (non-hydrogen) atoms. The minimum absolute atomic E-state index is 0.00787. The Kier molecular flexibility index (Phi) is 4.21. The fourth-order valence-corrected chi connectivity index (χ4v) is 1.49. The van der Waals surface area contributed by atoms with Gasteiger partial charge in [0.15, 0.2) is 11.5 Å². The number of carbonyl (C=O) groups is 1. The number of pyridine rings is 1. The van der Waals surface area contributed by atoms with Crippen molar-refractivity contribution in [2.45, 2.75) is 6.54 Å². The zero-order valence-electron chi connectivity index (χ0n) is 9.87. The predicted octanol–water partition coefficient (Wildman–Crippen LogP) is -0.679. The lowest BCUT2D eigenvalue weighted by atomic mass is 10.4. The van der Waals surface area contributed by atoms with E-state index in [-0.39, 0.29) is 12.5 Å². The Labute approximate surface area is 104 Å². The number of carbonyl (C=O) groups excluding carboxylic acids is 1. The summed E-state index contributed by atoms with van der Waals surface area (Å²) in [7, 11) is 0. The lowest BCUT2D eigenvalue weighted by Crippen LogP contribution is -2.28. The van der Waals surface area contributed by atoms with E-state index in [1.54, 1.807) is 0 Å². The first-order valence-corrected chi connectivity index (χ1v) is 5.64. The van der Waals surface area contributed by atoms with Gasteiger partial charge in [0.1, 0.15) is 6.61 Å². The van der Waals surface area contributed by atoms with Crippen molar-refractivity contribution in [1.29, 1.82) is 0 Å². The Morgan fingerprint density at radius 2 is 2.33 bits per heavy atom. The highest BCUT2D eigenvalue weighted by atomic mass is 16.5. The molecule has 0 spiro atoms. The number of amides is 1. The summed E-state index contributed by atoms with van der Waals surface area (Å²) in [6.07, 6.45) is 1.85. The van der Waals surface area contributed by atoms with Gasteiger partial charge >= 0.3 is 0 Å². The Bertz CT molecular complexity index is 525. The van der Waals surface area contributed by atoms with Gasteiger partial charge in [0.25, 0.3) is 0 Å². The number of rotatable bonds is 6. The molecule has 0 fully saturated rings. The van der Waals surface area contributed by atoms with Gasteiger partial charge in [-0.2, -0.15) is 0 Å². The van der Waals surface area contributed by atoms with E-state index < -0.39 is 0 Å². The van der Waals surface area contributed by atoms with Crippen LogP contribution in [-0.2, 0) is 16.1 Å². The lowest BCUT2D eigenvalue weighted by molar-refractivity contribution is -0.125. The van der Waals surface area contributed by atoms with Gasteiger partial charge in [-0.1, -0.05) is 6.07 Å². The first kappa shape index (κ1) is 12.5. The van der Waals surface area contributed by atoms with Crippen LogP contribution >= 0.6 is 0 Å². The van der Waals surface area contributed by atoms with E-state index in [0.717, 1.165) is 5.65 Å². The molecule has 0 aliphatic rings. The normalized spacial score (nSPS) is 10.7. The number of hydrogen-bond donors (Lipinski definition) is 2. The molecule has 7 nitrogen and oxygen atoms in total. The maximum atomic E-state index is 11.4. The van der Waals surface area contributed by atoms with Crippen LogP contribution in [0.5, 0.6) is 0 Å². The minimum atomic E-state index is -0.198. The number of aromatic nitrogens is 3. The van der Waals surface area contributed by atoms with Crippen molar-refractivity contribution in [2.75, 3.05) is 19.8 Å². The van der Waals surface area contributed by atoms with Gasteiger partial charge in [-0.05, 0) is 12.1 Å². The average molecular weight is 249 g/mol. The summed E-state index contributed by atoms with van der Waals surface area (Å²) in [6, 6.07) is 5.61. The summed E-state index contributed by atoms with van der Waals surface area (Å²) in [5.41, 5.74) is 6.00. The van der Waals surface area contributed by atoms with E-state index in [0.29, 0.717) is 25.5 Å². The van der Waals surface area contributed by atoms with E-state index in [1.165, 1.54) is 0 Å². The van der Waals surface area contributed by atoms with E-state index in [2.05, 4.69) is 15.5 Å². The molecule has 7 heteroatoms. The summed E-state index contributed by atoms with van der Waals surface area (Å²) in [5.74, 6) is 0.480. The highest BCUT2D eigenvalue weighted by Crippen LogP contribution is 2.01. The van der Waals surface area contributed by atoms with Crippen molar-refractivity contribution in [3.63, 3.8) is 0 Å². The van der Waals surface area contributed by atoms with E-state index in [9.17, 15) is 4.79 Å². The third-order valence-corrected chi connectivity index (χ3v) is 2.32. The first-order valence-electron chi connectivity index (χ1n) is 5.64. The molecule has 0 saturated heterocycles. The van der Waals surface area contributed by atoms with Gasteiger partial charge < -0.3 is 15.8 Å². The largest absolute Gasteiger partial charge is 0.370 e. The van der Waals surface area contributed by atoms with E-state index >= 15 is 0 Å². The third-order valence-electron chi connectivity index (χ3n) is 2.32. The van der Waals surface area contributed by atoms with E-state index in [1.807, 2.05) is 28.8 Å². The van der Waals surface area contributed by atoms with Crippen LogP contribution in [0.25, 0.3) is 5.65 Å². The molecule has 0 aromatic carbocycles. The third kappa shape index (κ3) is 3.02. The minimum Gasteiger partial charge on any atom is -0.370 e. The highest BCUT2D eigenvalue weighted by Gasteiger charge is 2.06. The monoisotopic (exact) mass is 249 g/mol. The Hall–Kier alpha value is -1.99. The predicted molar refractivity (Wildman–Crippen MR) is 64.7 cm³/mol. The van der Waals surface area contributed by atoms with Crippen LogP contribution in [0.2, 0.25) is 0 Å². The number of nitrogens with zero attached hydrogens (tertiary/aromatic N) is 3. The van der Waals surface area contributed by atoms with Crippen LogP contribution in [0.4, 0.5) is 0 Å². The van der Waals surface area contributed by atoms with Crippen molar-refractivity contribution >= 4 is 11.6 Å². The van der Waals surface area contributed by atoms with Gasteiger partial charge in [0, 0.05) is 12.7 Å². The molecule has 2 rings (SSSR count). The van der Waals surface area contributed by atoms with Gasteiger partial charge in [0.2, 0.25) is 5.91 Å². The van der Waals surface area contributed by atoms with Crippen LogP contribution in [0.15, 0.2) is 24.4 Å². The topological polar surface area (TPSA) is 94.5 Å². The highest BCUT2D eigenvalue weighted by molar-refractivity contribution is 5.77. The molecule has 96 valence electrons. The molecule has 0 aliphatic carbocycles. The maximum Gasteiger partial charge on any atom is 0.246 e. The zero-order chi connectivity index (χ0) is 12.8. The number of hydrogen-bond acceptors (Lipinski definition) is 5. The van der Waals surface area contributed by atoms with Gasteiger partial charge in [-0.25, -0.2) is 0 Å². The van der Waals surface area contributed by atoms with Gasteiger partial charge in [0.05, 0.1) is 13.2 Å². The van der Waals surface area contributed by atoms with E-state index in [4.69, 9.17) is 10.5 Å². The molecular formula is C11H15N5O2. The second kappa shape index (κ2) is 6.08.